The number of likely N-dealkylation sites (tertiary alicyclic amines) is 1. The Kier molecular flexibility index (Phi) is 5.11. The van der Waals surface area contributed by atoms with Gasteiger partial charge in [-0.1, -0.05) is 33.6 Å². The third-order valence-electron chi connectivity index (χ3n) is 5.27. The molecule has 20 heavy (non-hydrogen) atoms. The Balaban J connectivity index is 1.87. The molecule has 1 aliphatic carbocycles. The van der Waals surface area contributed by atoms with Gasteiger partial charge < -0.3 is 10.2 Å². The number of nitrogens with zero attached hydrogens (tertiary/aromatic N) is 1. The maximum atomic E-state index is 11.4. The van der Waals surface area contributed by atoms with E-state index in [0.29, 0.717) is 17.5 Å². The van der Waals surface area contributed by atoms with Crippen LogP contribution in [0.2, 0.25) is 0 Å². The van der Waals surface area contributed by atoms with Crippen LogP contribution in [0.15, 0.2) is 0 Å². The molecule has 1 aliphatic heterocycles. The monoisotopic (exact) mass is 280 g/mol. The molecule has 2 aliphatic rings. The first-order valence-corrected chi connectivity index (χ1v) is 8.39. The summed E-state index contributed by atoms with van der Waals surface area (Å²) in [6, 6.07) is 1.29. The lowest BCUT2D eigenvalue weighted by molar-refractivity contribution is -0.129. The zero-order valence-electron chi connectivity index (χ0n) is 13.7. The molecule has 116 valence electrons. The second-order valence-electron chi connectivity index (χ2n) is 7.81. The maximum Gasteiger partial charge on any atom is 0.219 e. The zero-order valence-corrected chi connectivity index (χ0v) is 13.7. The number of hydrogen-bond acceptors (Lipinski definition) is 2. The Bertz CT molecular complexity index is 326. The van der Waals surface area contributed by atoms with E-state index in [4.69, 9.17) is 0 Å². The first-order chi connectivity index (χ1) is 9.38. The normalized spacial score (nSPS) is 29.5. The third kappa shape index (κ3) is 3.97. The van der Waals surface area contributed by atoms with Crippen molar-refractivity contribution in [3.63, 3.8) is 0 Å². The molecule has 0 bridgehead atoms. The van der Waals surface area contributed by atoms with Gasteiger partial charge in [-0.25, -0.2) is 0 Å². The van der Waals surface area contributed by atoms with E-state index in [9.17, 15) is 4.79 Å². The first kappa shape index (κ1) is 15.8. The van der Waals surface area contributed by atoms with Crippen molar-refractivity contribution >= 4 is 5.91 Å². The lowest BCUT2D eigenvalue weighted by Gasteiger charge is -2.43. The molecule has 1 N–H and O–H groups in total. The molecule has 3 heteroatoms. The summed E-state index contributed by atoms with van der Waals surface area (Å²) in [4.78, 5) is 13.4. The second-order valence-corrected chi connectivity index (χ2v) is 7.81. The smallest absolute Gasteiger partial charge is 0.219 e. The molecular weight excluding hydrogens is 248 g/mol. The minimum Gasteiger partial charge on any atom is -0.343 e. The Labute approximate surface area is 124 Å². The molecule has 3 nitrogen and oxygen atoms in total. The van der Waals surface area contributed by atoms with Crippen LogP contribution in [0, 0.1) is 11.3 Å². The van der Waals surface area contributed by atoms with Crippen molar-refractivity contribution in [3.8, 4) is 0 Å². The van der Waals surface area contributed by atoms with Crippen LogP contribution in [0.4, 0.5) is 0 Å². The maximum absolute atomic E-state index is 11.4. The number of nitrogens with one attached hydrogen (secondary N) is 1. The van der Waals surface area contributed by atoms with Gasteiger partial charge in [-0.2, -0.15) is 0 Å². The topological polar surface area (TPSA) is 32.3 Å². The molecule has 2 unspecified atom stereocenters. The highest BCUT2D eigenvalue weighted by atomic mass is 16.2. The van der Waals surface area contributed by atoms with Crippen molar-refractivity contribution in [2.24, 2.45) is 11.3 Å². The van der Waals surface area contributed by atoms with Crippen molar-refractivity contribution in [3.05, 3.63) is 0 Å². The van der Waals surface area contributed by atoms with Crippen molar-refractivity contribution in [2.75, 3.05) is 13.1 Å². The van der Waals surface area contributed by atoms with E-state index in [1.807, 2.05) is 4.90 Å². The standard InChI is InChI=1S/C17H32N2O/c1-13(20)19-11-9-14(10-12-19)18-16-8-6-5-7-15(16)17(2,3)4/h14-16,18H,5-12H2,1-4H3. The number of piperidine rings is 1. The predicted molar refractivity (Wildman–Crippen MR) is 83.6 cm³/mol. The van der Waals surface area contributed by atoms with Crippen molar-refractivity contribution < 1.29 is 4.79 Å². The molecule has 0 radical (unpaired) electrons. The summed E-state index contributed by atoms with van der Waals surface area (Å²) in [6.07, 6.45) is 7.70. The van der Waals surface area contributed by atoms with Gasteiger partial charge in [0, 0.05) is 32.1 Å². The molecule has 2 rings (SSSR count). The van der Waals surface area contributed by atoms with Gasteiger partial charge in [-0.15, -0.1) is 0 Å². The highest BCUT2D eigenvalue weighted by Gasteiger charge is 2.35. The number of carbonyl (C=O) groups is 1. The Morgan fingerprint density at radius 2 is 1.65 bits per heavy atom. The van der Waals surface area contributed by atoms with E-state index in [0.717, 1.165) is 31.8 Å². The summed E-state index contributed by atoms with van der Waals surface area (Å²) in [5.41, 5.74) is 0.401. The fourth-order valence-electron chi connectivity index (χ4n) is 4.03. The molecule has 1 saturated carbocycles. The average Bonchev–Trinajstić information content (AvgIpc) is 2.38. The van der Waals surface area contributed by atoms with Crippen LogP contribution in [-0.4, -0.2) is 36.0 Å². The molecule has 2 atom stereocenters. The van der Waals surface area contributed by atoms with Crippen LogP contribution in [0.3, 0.4) is 0 Å². The highest BCUT2D eigenvalue weighted by Crippen LogP contribution is 2.38. The Morgan fingerprint density at radius 1 is 1.05 bits per heavy atom. The van der Waals surface area contributed by atoms with Gasteiger partial charge in [-0.05, 0) is 37.0 Å². The van der Waals surface area contributed by atoms with Crippen molar-refractivity contribution in [2.45, 2.75) is 78.3 Å². The van der Waals surface area contributed by atoms with E-state index in [-0.39, 0.29) is 5.91 Å². The van der Waals surface area contributed by atoms with Crippen LogP contribution >= 0.6 is 0 Å². The van der Waals surface area contributed by atoms with Gasteiger partial charge in [0.05, 0.1) is 0 Å². The molecule has 0 aromatic carbocycles. The van der Waals surface area contributed by atoms with Crippen LogP contribution in [-0.2, 0) is 4.79 Å². The van der Waals surface area contributed by atoms with E-state index in [2.05, 4.69) is 26.1 Å². The third-order valence-corrected chi connectivity index (χ3v) is 5.27. The summed E-state index contributed by atoms with van der Waals surface area (Å²) in [6.45, 7) is 10.7. The largest absolute Gasteiger partial charge is 0.343 e. The van der Waals surface area contributed by atoms with Crippen LogP contribution < -0.4 is 5.32 Å². The fourth-order valence-corrected chi connectivity index (χ4v) is 4.03. The average molecular weight is 280 g/mol. The number of hydrogen-bond donors (Lipinski definition) is 1. The summed E-state index contributed by atoms with van der Waals surface area (Å²) in [5, 5.41) is 3.94. The number of carbonyl (C=O) groups excluding carboxylic acids is 1. The fraction of sp³-hybridized carbons (Fsp3) is 0.941. The molecular formula is C17H32N2O. The molecule has 0 spiro atoms. The Morgan fingerprint density at radius 3 is 2.20 bits per heavy atom. The van der Waals surface area contributed by atoms with E-state index in [1.54, 1.807) is 6.92 Å². The van der Waals surface area contributed by atoms with Crippen LogP contribution in [0.5, 0.6) is 0 Å². The molecule has 1 heterocycles. The highest BCUT2D eigenvalue weighted by molar-refractivity contribution is 5.73. The molecule has 0 aromatic rings. The minimum absolute atomic E-state index is 0.230. The molecule has 2 fully saturated rings. The van der Waals surface area contributed by atoms with Crippen LogP contribution in [0.1, 0.15) is 66.2 Å². The first-order valence-electron chi connectivity index (χ1n) is 8.39. The quantitative estimate of drug-likeness (QED) is 0.842. The van der Waals surface area contributed by atoms with Gasteiger partial charge in [0.2, 0.25) is 5.91 Å². The minimum atomic E-state index is 0.230. The SMILES string of the molecule is CC(=O)N1CCC(NC2CCCCC2C(C)(C)C)CC1. The summed E-state index contributed by atoms with van der Waals surface area (Å²) in [7, 11) is 0. The predicted octanol–water partition coefficient (Wildman–Crippen LogP) is 3.19. The van der Waals surface area contributed by atoms with Crippen LogP contribution in [0.25, 0.3) is 0 Å². The van der Waals surface area contributed by atoms with Gasteiger partial charge in [0.25, 0.3) is 0 Å². The van der Waals surface area contributed by atoms with Gasteiger partial charge in [0.15, 0.2) is 0 Å². The summed E-state index contributed by atoms with van der Waals surface area (Å²) in [5.74, 6) is 1.02. The Hall–Kier alpha value is -0.570. The van der Waals surface area contributed by atoms with Gasteiger partial charge in [0.1, 0.15) is 0 Å². The second kappa shape index (κ2) is 6.46. The summed E-state index contributed by atoms with van der Waals surface area (Å²) >= 11 is 0. The van der Waals surface area contributed by atoms with E-state index >= 15 is 0 Å². The van der Waals surface area contributed by atoms with E-state index < -0.39 is 0 Å². The molecule has 1 amide bonds. The number of amides is 1. The molecule has 0 aromatic heterocycles. The van der Waals surface area contributed by atoms with Gasteiger partial charge >= 0.3 is 0 Å². The van der Waals surface area contributed by atoms with Crippen molar-refractivity contribution in [1.29, 1.82) is 0 Å². The number of rotatable bonds is 2. The molecule has 1 saturated heterocycles. The van der Waals surface area contributed by atoms with Crippen molar-refractivity contribution in [1.82, 2.24) is 10.2 Å². The summed E-state index contributed by atoms with van der Waals surface area (Å²) < 4.78 is 0. The lowest BCUT2D eigenvalue weighted by atomic mass is 9.69. The lowest BCUT2D eigenvalue weighted by Crippen LogP contribution is -2.52. The zero-order chi connectivity index (χ0) is 14.8. The van der Waals surface area contributed by atoms with E-state index in [1.165, 1.54) is 25.7 Å². The van der Waals surface area contributed by atoms with Gasteiger partial charge in [-0.3, -0.25) is 4.79 Å².